The maximum absolute atomic E-state index is 12.5. The van der Waals surface area contributed by atoms with E-state index < -0.39 is 0 Å². The van der Waals surface area contributed by atoms with Crippen LogP contribution >= 0.6 is 23.1 Å². The summed E-state index contributed by atoms with van der Waals surface area (Å²) in [5.41, 5.74) is 2.01. The van der Waals surface area contributed by atoms with Crippen molar-refractivity contribution >= 4 is 29.0 Å². The highest BCUT2D eigenvalue weighted by Crippen LogP contribution is 2.28. The molecule has 24 heavy (non-hydrogen) atoms. The molecule has 0 fully saturated rings. The average Bonchev–Trinajstić information content (AvgIpc) is 3.02. The van der Waals surface area contributed by atoms with Gasteiger partial charge in [0.05, 0.1) is 20.0 Å². The Balaban J connectivity index is 1.98. The van der Waals surface area contributed by atoms with E-state index in [0.717, 1.165) is 15.6 Å². The highest BCUT2D eigenvalue weighted by Gasteiger charge is 2.15. The van der Waals surface area contributed by atoms with Crippen molar-refractivity contribution in [2.75, 3.05) is 26.5 Å². The monoisotopic (exact) mass is 366 g/mol. The molecule has 1 aromatic heterocycles. The summed E-state index contributed by atoms with van der Waals surface area (Å²) in [5.74, 6) is 1.86. The molecule has 0 atom stereocenters. The Hall–Kier alpha value is -1.73. The minimum Gasteiger partial charge on any atom is -0.493 e. The molecule has 0 bridgehead atoms. The highest BCUT2D eigenvalue weighted by molar-refractivity contribution is 8.01. The number of aryl methyl sites for hydroxylation is 1. The number of hydrogen-bond donors (Lipinski definition) is 0. The molecule has 130 valence electrons. The summed E-state index contributed by atoms with van der Waals surface area (Å²) in [6.07, 6.45) is 0. The van der Waals surface area contributed by atoms with Gasteiger partial charge < -0.3 is 14.4 Å². The molecule has 0 spiro atoms. The van der Waals surface area contributed by atoms with E-state index in [0.29, 0.717) is 30.3 Å². The smallest absolute Gasteiger partial charge is 0.233 e. The first-order valence-corrected chi connectivity index (χ1v) is 9.47. The number of carbonyl (C=O) groups is 1. The summed E-state index contributed by atoms with van der Waals surface area (Å²) in [4.78, 5) is 18.7. The number of carbonyl (C=O) groups excluding carboxylic acids is 1. The van der Waals surface area contributed by atoms with Crippen LogP contribution in [0.1, 0.15) is 18.2 Å². The van der Waals surface area contributed by atoms with Gasteiger partial charge in [0.25, 0.3) is 0 Å². The second-order valence-corrected chi connectivity index (χ2v) is 7.22. The normalized spacial score (nSPS) is 10.5. The van der Waals surface area contributed by atoms with Crippen LogP contribution in [0.4, 0.5) is 0 Å². The number of thiazole rings is 1. The van der Waals surface area contributed by atoms with Gasteiger partial charge >= 0.3 is 0 Å². The number of rotatable bonds is 8. The highest BCUT2D eigenvalue weighted by atomic mass is 32.2. The van der Waals surface area contributed by atoms with Crippen LogP contribution in [-0.2, 0) is 11.3 Å². The summed E-state index contributed by atoms with van der Waals surface area (Å²) in [6, 6.07) is 5.72. The number of methoxy groups -OCH3 is 2. The van der Waals surface area contributed by atoms with E-state index in [2.05, 4.69) is 4.98 Å². The van der Waals surface area contributed by atoms with Crippen LogP contribution in [-0.4, -0.2) is 42.3 Å². The first-order valence-electron chi connectivity index (χ1n) is 7.61. The molecule has 1 heterocycles. The van der Waals surface area contributed by atoms with Gasteiger partial charge in [0.1, 0.15) is 0 Å². The van der Waals surface area contributed by atoms with Crippen molar-refractivity contribution in [3.05, 3.63) is 34.8 Å². The molecule has 0 aliphatic rings. The molecule has 0 aliphatic carbocycles. The summed E-state index contributed by atoms with van der Waals surface area (Å²) < 4.78 is 11.5. The van der Waals surface area contributed by atoms with E-state index in [-0.39, 0.29) is 5.91 Å². The van der Waals surface area contributed by atoms with Gasteiger partial charge in [-0.2, -0.15) is 0 Å². The fraction of sp³-hybridized carbons (Fsp3) is 0.412. The lowest BCUT2D eigenvalue weighted by Crippen LogP contribution is -2.31. The number of ether oxygens (including phenoxy) is 2. The molecule has 0 N–H and O–H groups in total. The average molecular weight is 367 g/mol. The van der Waals surface area contributed by atoms with Crippen molar-refractivity contribution in [1.82, 2.24) is 9.88 Å². The van der Waals surface area contributed by atoms with E-state index in [1.165, 1.54) is 11.8 Å². The maximum atomic E-state index is 12.5. The molecule has 0 saturated carbocycles. The fourth-order valence-corrected chi connectivity index (χ4v) is 3.94. The molecule has 0 aliphatic heterocycles. The van der Waals surface area contributed by atoms with Crippen LogP contribution < -0.4 is 9.47 Å². The maximum Gasteiger partial charge on any atom is 0.233 e. The van der Waals surface area contributed by atoms with Gasteiger partial charge in [-0.05, 0) is 31.5 Å². The Morgan fingerprint density at radius 2 is 2.04 bits per heavy atom. The second-order valence-electron chi connectivity index (χ2n) is 5.14. The number of nitrogens with zero attached hydrogens (tertiary/aromatic N) is 2. The summed E-state index contributed by atoms with van der Waals surface area (Å²) >= 11 is 3.06. The Morgan fingerprint density at radius 1 is 1.29 bits per heavy atom. The Kier molecular flexibility index (Phi) is 6.93. The summed E-state index contributed by atoms with van der Waals surface area (Å²) in [5, 5.41) is 1.99. The van der Waals surface area contributed by atoms with Crippen LogP contribution in [0.15, 0.2) is 27.9 Å². The van der Waals surface area contributed by atoms with Crippen LogP contribution in [0.3, 0.4) is 0 Å². The summed E-state index contributed by atoms with van der Waals surface area (Å²) in [7, 11) is 3.22. The van der Waals surface area contributed by atoms with Crippen LogP contribution in [0.5, 0.6) is 11.5 Å². The van der Waals surface area contributed by atoms with E-state index in [4.69, 9.17) is 9.47 Å². The fourth-order valence-electron chi connectivity index (χ4n) is 2.19. The molecule has 2 aromatic rings. The molecule has 0 saturated heterocycles. The first-order chi connectivity index (χ1) is 11.6. The number of aromatic nitrogens is 1. The van der Waals surface area contributed by atoms with E-state index >= 15 is 0 Å². The van der Waals surface area contributed by atoms with E-state index in [1.54, 1.807) is 25.6 Å². The van der Waals surface area contributed by atoms with E-state index in [9.17, 15) is 4.79 Å². The van der Waals surface area contributed by atoms with Crippen molar-refractivity contribution in [2.45, 2.75) is 24.7 Å². The lowest BCUT2D eigenvalue weighted by molar-refractivity contribution is -0.128. The minimum atomic E-state index is 0.102. The molecule has 5 nitrogen and oxygen atoms in total. The van der Waals surface area contributed by atoms with Gasteiger partial charge in [-0.3, -0.25) is 4.79 Å². The third-order valence-corrected chi connectivity index (χ3v) is 5.60. The minimum absolute atomic E-state index is 0.102. The molecule has 0 unspecified atom stereocenters. The molecule has 1 aromatic carbocycles. The van der Waals surface area contributed by atoms with Crippen molar-refractivity contribution < 1.29 is 14.3 Å². The summed E-state index contributed by atoms with van der Waals surface area (Å²) in [6.45, 7) is 5.15. The molecular weight excluding hydrogens is 344 g/mol. The zero-order valence-electron chi connectivity index (χ0n) is 14.4. The van der Waals surface area contributed by atoms with Crippen molar-refractivity contribution in [3.8, 4) is 11.5 Å². The SMILES string of the molecule is CCN(Cc1ccc(OC)c(OC)c1)C(=O)CSc1nc(C)cs1. The predicted octanol–water partition coefficient (Wildman–Crippen LogP) is 3.61. The van der Waals surface area contributed by atoms with Gasteiger partial charge in [-0.15, -0.1) is 11.3 Å². The molecule has 2 rings (SSSR count). The largest absolute Gasteiger partial charge is 0.493 e. The Bertz CT molecular complexity index is 688. The third-order valence-electron chi connectivity index (χ3n) is 3.47. The van der Waals surface area contributed by atoms with Crippen molar-refractivity contribution in [1.29, 1.82) is 0 Å². The van der Waals surface area contributed by atoms with Crippen LogP contribution in [0.2, 0.25) is 0 Å². The molecule has 0 radical (unpaired) electrons. The molecule has 1 amide bonds. The van der Waals surface area contributed by atoms with Crippen LogP contribution in [0, 0.1) is 6.92 Å². The first kappa shape index (κ1) is 18.6. The van der Waals surface area contributed by atoms with Gasteiger partial charge in [0.2, 0.25) is 5.91 Å². The number of hydrogen-bond acceptors (Lipinski definition) is 6. The topological polar surface area (TPSA) is 51.7 Å². The zero-order valence-corrected chi connectivity index (χ0v) is 16.0. The van der Waals surface area contributed by atoms with Crippen molar-refractivity contribution in [2.24, 2.45) is 0 Å². The number of benzene rings is 1. The number of thioether (sulfide) groups is 1. The van der Waals surface area contributed by atoms with Gasteiger partial charge in [-0.1, -0.05) is 17.8 Å². The standard InChI is InChI=1S/C17H22N2O3S2/c1-5-19(16(20)11-24-17-18-12(2)10-23-17)9-13-6-7-14(21-3)15(8-13)22-4/h6-8,10H,5,9,11H2,1-4H3. The van der Waals surface area contributed by atoms with Crippen LogP contribution in [0.25, 0.3) is 0 Å². The molecular formula is C17H22N2O3S2. The van der Waals surface area contributed by atoms with Gasteiger partial charge in [-0.25, -0.2) is 4.98 Å². The zero-order chi connectivity index (χ0) is 17.5. The third kappa shape index (κ3) is 4.88. The lowest BCUT2D eigenvalue weighted by Gasteiger charge is -2.21. The van der Waals surface area contributed by atoms with Gasteiger partial charge in [0, 0.05) is 24.2 Å². The lowest BCUT2D eigenvalue weighted by atomic mass is 10.2. The number of amides is 1. The quantitative estimate of drug-likeness (QED) is 0.668. The predicted molar refractivity (Wildman–Crippen MR) is 98.2 cm³/mol. The Morgan fingerprint density at radius 3 is 2.62 bits per heavy atom. The second kappa shape index (κ2) is 8.94. The molecule has 7 heteroatoms. The van der Waals surface area contributed by atoms with Gasteiger partial charge in [0.15, 0.2) is 15.8 Å². The van der Waals surface area contributed by atoms with E-state index in [1.807, 2.05) is 42.3 Å². The van der Waals surface area contributed by atoms with Crippen molar-refractivity contribution in [3.63, 3.8) is 0 Å². The Labute approximate surface area is 151 Å².